The molecule has 0 saturated heterocycles. The van der Waals surface area contributed by atoms with E-state index in [1.54, 1.807) is 11.8 Å². The van der Waals surface area contributed by atoms with E-state index in [9.17, 15) is 5.11 Å². The topological polar surface area (TPSA) is 20.2 Å². The smallest absolute Gasteiger partial charge is 0.0729 e. The first-order valence-electron chi connectivity index (χ1n) is 5.89. The van der Waals surface area contributed by atoms with Gasteiger partial charge < -0.3 is 5.11 Å². The first-order chi connectivity index (χ1) is 7.83. The van der Waals surface area contributed by atoms with E-state index in [0.29, 0.717) is 0 Å². The number of rotatable bonds is 7. The molecule has 0 bridgehead atoms. The molecule has 1 atom stereocenters. The van der Waals surface area contributed by atoms with Crippen molar-refractivity contribution >= 4 is 11.8 Å². The van der Waals surface area contributed by atoms with Gasteiger partial charge in [0.2, 0.25) is 0 Å². The summed E-state index contributed by atoms with van der Waals surface area (Å²) in [5.74, 6) is 0. The van der Waals surface area contributed by atoms with Crippen LogP contribution in [0.2, 0.25) is 0 Å². The number of aliphatic hydroxyl groups excluding tert-OH is 1. The Morgan fingerprint density at radius 1 is 1.25 bits per heavy atom. The van der Waals surface area contributed by atoms with E-state index in [2.05, 4.69) is 19.1 Å². The van der Waals surface area contributed by atoms with Gasteiger partial charge in [-0.2, -0.15) is 0 Å². The Hall–Kier alpha value is -0.730. The van der Waals surface area contributed by atoms with Crippen LogP contribution in [0.25, 0.3) is 0 Å². The Bertz CT molecular complexity index is 295. The van der Waals surface area contributed by atoms with Crippen molar-refractivity contribution in [3.05, 3.63) is 41.8 Å². The van der Waals surface area contributed by atoms with E-state index in [1.807, 2.05) is 29.7 Å². The summed E-state index contributed by atoms with van der Waals surface area (Å²) >= 11 is 1.65. The van der Waals surface area contributed by atoms with Crippen LogP contribution in [0.3, 0.4) is 0 Å². The van der Waals surface area contributed by atoms with Gasteiger partial charge in [0.25, 0.3) is 0 Å². The third kappa shape index (κ3) is 5.99. The molecule has 1 aromatic carbocycles. The molecule has 0 spiro atoms. The van der Waals surface area contributed by atoms with Gasteiger partial charge in [-0.05, 0) is 30.0 Å². The second kappa shape index (κ2) is 8.43. The predicted molar refractivity (Wildman–Crippen MR) is 71.6 cm³/mol. The molecule has 1 N–H and O–H groups in total. The highest BCUT2D eigenvalue weighted by molar-refractivity contribution is 8.02. The van der Waals surface area contributed by atoms with Crippen molar-refractivity contribution in [1.29, 1.82) is 0 Å². The maximum atomic E-state index is 9.65. The van der Waals surface area contributed by atoms with Crippen LogP contribution < -0.4 is 0 Å². The maximum Gasteiger partial charge on any atom is 0.0729 e. The highest BCUT2D eigenvalue weighted by atomic mass is 32.2. The highest BCUT2D eigenvalue weighted by Gasteiger charge is 1.97. The van der Waals surface area contributed by atoms with Crippen LogP contribution in [0.1, 0.15) is 32.6 Å². The number of benzene rings is 1. The summed E-state index contributed by atoms with van der Waals surface area (Å²) in [4.78, 5) is 1.21. The number of hydrogen-bond donors (Lipinski definition) is 1. The van der Waals surface area contributed by atoms with Crippen LogP contribution in [0, 0.1) is 0 Å². The molecular weight excluding hydrogens is 216 g/mol. The first-order valence-corrected chi connectivity index (χ1v) is 6.77. The molecule has 0 fully saturated rings. The Morgan fingerprint density at radius 3 is 2.69 bits per heavy atom. The second-order valence-corrected chi connectivity index (χ2v) is 4.80. The average Bonchev–Trinajstić information content (AvgIpc) is 2.31. The van der Waals surface area contributed by atoms with E-state index in [-0.39, 0.29) is 6.10 Å². The molecule has 1 rings (SSSR count). The minimum atomic E-state index is -0.289. The zero-order valence-corrected chi connectivity index (χ0v) is 10.6. The van der Waals surface area contributed by atoms with Crippen LogP contribution in [-0.2, 0) is 0 Å². The average molecular weight is 236 g/mol. The number of unbranched alkanes of at least 4 members (excludes halogenated alkanes) is 2. The van der Waals surface area contributed by atoms with E-state index in [1.165, 1.54) is 17.7 Å². The van der Waals surface area contributed by atoms with Crippen molar-refractivity contribution in [2.75, 3.05) is 0 Å². The predicted octanol–water partition coefficient (Wildman–Crippen LogP) is 4.23. The van der Waals surface area contributed by atoms with Crippen molar-refractivity contribution in [3.63, 3.8) is 0 Å². The summed E-state index contributed by atoms with van der Waals surface area (Å²) < 4.78 is 0. The fraction of sp³-hybridized carbons (Fsp3) is 0.429. The van der Waals surface area contributed by atoms with Gasteiger partial charge in [0.15, 0.2) is 0 Å². The SMILES string of the molecule is CCCCCC(O)/C=C\Sc1ccccc1. The lowest BCUT2D eigenvalue weighted by molar-refractivity contribution is 0.208. The summed E-state index contributed by atoms with van der Waals surface area (Å²) in [7, 11) is 0. The van der Waals surface area contributed by atoms with Gasteiger partial charge in [-0.3, -0.25) is 0 Å². The van der Waals surface area contributed by atoms with Crippen molar-refractivity contribution in [3.8, 4) is 0 Å². The molecule has 0 aliphatic heterocycles. The third-order valence-electron chi connectivity index (χ3n) is 2.35. The van der Waals surface area contributed by atoms with Gasteiger partial charge in [-0.25, -0.2) is 0 Å². The molecule has 0 aliphatic carbocycles. The van der Waals surface area contributed by atoms with Gasteiger partial charge in [0.1, 0.15) is 0 Å². The first kappa shape index (κ1) is 13.3. The Kier molecular flexibility index (Phi) is 7.02. The lowest BCUT2D eigenvalue weighted by Gasteiger charge is -2.03. The zero-order chi connectivity index (χ0) is 11.6. The van der Waals surface area contributed by atoms with E-state index < -0.39 is 0 Å². The van der Waals surface area contributed by atoms with Crippen molar-refractivity contribution in [2.24, 2.45) is 0 Å². The Morgan fingerprint density at radius 2 is 2.00 bits per heavy atom. The molecule has 0 amide bonds. The summed E-state index contributed by atoms with van der Waals surface area (Å²) in [5, 5.41) is 11.6. The maximum absolute atomic E-state index is 9.65. The van der Waals surface area contributed by atoms with Gasteiger partial charge >= 0.3 is 0 Å². The summed E-state index contributed by atoms with van der Waals surface area (Å²) in [5.41, 5.74) is 0. The zero-order valence-electron chi connectivity index (χ0n) is 9.80. The Balaban J connectivity index is 2.21. The third-order valence-corrected chi connectivity index (χ3v) is 3.19. The van der Waals surface area contributed by atoms with E-state index in [0.717, 1.165) is 12.8 Å². The molecule has 0 aromatic heterocycles. The Labute approximate surface area is 103 Å². The van der Waals surface area contributed by atoms with Gasteiger partial charge in [0.05, 0.1) is 6.10 Å². The quantitative estimate of drug-likeness (QED) is 0.564. The molecule has 0 aliphatic rings. The van der Waals surface area contributed by atoms with Crippen LogP contribution in [0.5, 0.6) is 0 Å². The fourth-order valence-electron chi connectivity index (χ4n) is 1.41. The fourth-order valence-corrected chi connectivity index (χ4v) is 2.14. The summed E-state index contributed by atoms with van der Waals surface area (Å²) in [6.07, 6.45) is 5.99. The van der Waals surface area contributed by atoms with Gasteiger partial charge in [-0.1, -0.05) is 56.1 Å². The molecule has 16 heavy (non-hydrogen) atoms. The number of aliphatic hydroxyl groups is 1. The molecule has 0 radical (unpaired) electrons. The second-order valence-electron chi connectivity index (χ2n) is 3.82. The molecule has 88 valence electrons. The van der Waals surface area contributed by atoms with Crippen molar-refractivity contribution in [1.82, 2.24) is 0 Å². The van der Waals surface area contributed by atoms with Crippen LogP contribution in [-0.4, -0.2) is 11.2 Å². The molecule has 2 heteroatoms. The van der Waals surface area contributed by atoms with Gasteiger partial charge in [0, 0.05) is 4.90 Å². The minimum absolute atomic E-state index is 0.289. The van der Waals surface area contributed by atoms with Crippen LogP contribution in [0.15, 0.2) is 46.7 Å². The molecule has 1 unspecified atom stereocenters. The largest absolute Gasteiger partial charge is 0.389 e. The molecular formula is C14H20OS. The standard InChI is InChI=1S/C14H20OS/c1-2-3-5-8-13(15)11-12-16-14-9-6-4-7-10-14/h4,6-7,9-13,15H,2-3,5,8H2,1H3/b12-11-. The summed E-state index contributed by atoms with van der Waals surface area (Å²) in [6, 6.07) is 10.2. The number of hydrogen-bond acceptors (Lipinski definition) is 2. The van der Waals surface area contributed by atoms with E-state index in [4.69, 9.17) is 0 Å². The number of thioether (sulfide) groups is 1. The molecule has 1 nitrogen and oxygen atoms in total. The minimum Gasteiger partial charge on any atom is -0.389 e. The molecule has 0 saturated carbocycles. The highest BCUT2D eigenvalue weighted by Crippen LogP contribution is 2.18. The van der Waals surface area contributed by atoms with Gasteiger partial charge in [-0.15, -0.1) is 0 Å². The monoisotopic (exact) mass is 236 g/mol. The summed E-state index contributed by atoms with van der Waals surface area (Å²) in [6.45, 7) is 2.17. The van der Waals surface area contributed by atoms with Crippen molar-refractivity contribution in [2.45, 2.75) is 43.6 Å². The van der Waals surface area contributed by atoms with Crippen LogP contribution >= 0.6 is 11.8 Å². The van der Waals surface area contributed by atoms with Crippen molar-refractivity contribution < 1.29 is 5.11 Å². The molecule has 0 heterocycles. The van der Waals surface area contributed by atoms with E-state index >= 15 is 0 Å². The van der Waals surface area contributed by atoms with Crippen LogP contribution in [0.4, 0.5) is 0 Å². The molecule has 1 aromatic rings. The lowest BCUT2D eigenvalue weighted by atomic mass is 10.1. The lowest BCUT2D eigenvalue weighted by Crippen LogP contribution is -2.00. The normalized spacial score (nSPS) is 13.1.